The van der Waals surface area contributed by atoms with E-state index < -0.39 is 0 Å². The summed E-state index contributed by atoms with van der Waals surface area (Å²) < 4.78 is 0. The largest absolute Gasteiger partial charge is 0.156 e. The first-order valence-electron chi connectivity index (χ1n) is 4.56. The minimum absolute atomic E-state index is 0.547. The molecule has 0 fully saturated rings. The second-order valence-electron chi connectivity index (χ2n) is 2.86. The van der Waals surface area contributed by atoms with Crippen LogP contribution in [0, 0.1) is 0 Å². The number of aryl methyl sites for hydroxylation is 1. The molecule has 1 rings (SSSR count). The van der Waals surface area contributed by atoms with Crippen molar-refractivity contribution in [1.29, 1.82) is 0 Å². The number of hydrogen-bond donors (Lipinski definition) is 0. The van der Waals surface area contributed by atoms with Gasteiger partial charge in [-0.25, -0.2) is 0 Å². The van der Waals surface area contributed by atoms with Gasteiger partial charge < -0.3 is 0 Å². The van der Waals surface area contributed by atoms with Gasteiger partial charge in [0.05, 0.1) is 5.88 Å². The highest BCUT2D eigenvalue weighted by Crippen LogP contribution is 2.07. The second kappa shape index (κ2) is 7.30. The van der Waals surface area contributed by atoms with E-state index in [1.807, 2.05) is 6.07 Å². The number of azide groups is 1. The molecule has 0 N–H and O–H groups in total. The first kappa shape index (κ1) is 11.0. The van der Waals surface area contributed by atoms with Gasteiger partial charge in [0.15, 0.2) is 0 Å². The lowest BCUT2D eigenvalue weighted by molar-refractivity contribution is 0.933. The Hall–Kier alpha value is -1.12. The molecule has 1 aromatic carbocycles. The van der Waals surface area contributed by atoms with Crippen LogP contribution < -0.4 is 0 Å². The molecule has 0 heterocycles. The third-order valence-corrected chi connectivity index (χ3v) is 2.68. The molecule has 0 saturated heterocycles. The lowest BCUT2D eigenvalue weighted by Gasteiger charge is -1.99. The van der Waals surface area contributed by atoms with Gasteiger partial charge in [-0.1, -0.05) is 35.4 Å². The Morgan fingerprint density at radius 3 is 2.79 bits per heavy atom. The normalized spacial score (nSPS) is 9.43. The van der Waals surface area contributed by atoms with Crippen molar-refractivity contribution in [3.63, 3.8) is 0 Å². The van der Waals surface area contributed by atoms with Crippen LogP contribution in [0.25, 0.3) is 10.4 Å². The Labute approximate surface area is 88.1 Å². The molecule has 74 valence electrons. The van der Waals surface area contributed by atoms with Crippen LogP contribution in [-0.4, -0.2) is 11.6 Å². The molecule has 3 nitrogen and oxygen atoms in total. The molecule has 0 aromatic heterocycles. The van der Waals surface area contributed by atoms with Crippen LogP contribution in [0.4, 0.5) is 0 Å². The third-order valence-electron chi connectivity index (χ3n) is 1.81. The molecular weight excluding hydrogens is 194 g/mol. The van der Waals surface area contributed by atoms with Gasteiger partial charge in [0.25, 0.3) is 0 Å². The molecule has 0 bridgehead atoms. The van der Waals surface area contributed by atoms with E-state index in [4.69, 9.17) is 5.53 Å². The number of benzene rings is 1. The average Bonchev–Trinajstić information content (AvgIpc) is 2.25. The maximum absolute atomic E-state index is 8.05. The van der Waals surface area contributed by atoms with Crippen LogP contribution >= 0.6 is 11.8 Å². The number of rotatable bonds is 6. The molecule has 0 aliphatic carbocycles. The van der Waals surface area contributed by atoms with Gasteiger partial charge >= 0.3 is 0 Å². The zero-order valence-corrected chi connectivity index (χ0v) is 8.78. The second-order valence-corrected chi connectivity index (χ2v) is 3.93. The fourth-order valence-electron chi connectivity index (χ4n) is 1.15. The summed E-state index contributed by atoms with van der Waals surface area (Å²) in [5.74, 6) is 1.60. The quantitative estimate of drug-likeness (QED) is 0.304. The van der Waals surface area contributed by atoms with E-state index in [0.717, 1.165) is 18.6 Å². The zero-order valence-electron chi connectivity index (χ0n) is 7.97. The standard InChI is InChI=1S/C10H13N3S/c11-13-12-9-14-8-4-7-10-5-2-1-3-6-10/h1-3,5-6H,4,7-9H2. The minimum Gasteiger partial charge on any atom is -0.156 e. The molecule has 14 heavy (non-hydrogen) atoms. The molecule has 0 saturated carbocycles. The summed E-state index contributed by atoms with van der Waals surface area (Å²) in [6, 6.07) is 10.4. The van der Waals surface area contributed by atoms with Crippen molar-refractivity contribution in [1.82, 2.24) is 0 Å². The Bertz CT molecular complexity index is 293. The van der Waals surface area contributed by atoms with E-state index in [1.165, 1.54) is 5.56 Å². The van der Waals surface area contributed by atoms with Crippen molar-refractivity contribution in [2.75, 3.05) is 11.6 Å². The predicted molar refractivity (Wildman–Crippen MR) is 61.2 cm³/mol. The fourth-order valence-corrected chi connectivity index (χ4v) is 1.77. The van der Waals surface area contributed by atoms with Crippen LogP contribution in [-0.2, 0) is 6.42 Å². The summed E-state index contributed by atoms with van der Waals surface area (Å²) in [5.41, 5.74) is 9.42. The first-order chi connectivity index (χ1) is 6.93. The summed E-state index contributed by atoms with van der Waals surface area (Å²) in [5, 5.41) is 3.46. The summed E-state index contributed by atoms with van der Waals surface area (Å²) in [4.78, 5) is 2.70. The van der Waals surface area contributed by atoms with Gasteiger partial charge in [-0.15, -0.1) is 0 Å². The SMILES string of the molecule is [N-]=[N+]=NCSCCCc1ccccc1. The van der Waals surface area contributed by atoms with E-state index >= 15 is 0 Å². The van der Waals surface area contributed by atoms with E-state index in [2.05, 4.69) is 34.3 Å². The summed E-state index contributed by atoms with van der Waals surface area (Å²) >= 11 is 1.68. The van der Waals surface area contributed by atoms with Crippen LogP contribution in [0.2, 0.25) is 0 Å². The Morgan fingerprint density at radius 1 is 1.29 bits per heavy atom. The lowest BCUT2D eigenvalue weighted by atomic mass is 10.1. The molecule has 0 atom stereocenters. The smallest absolute Gasteiger partial charge is 0.0721 e. The topological polar surface area (TPSA) is 48.8 Å². The highest BCUT2D eigenvalue weighted by molar-refractivity contribution is 7.99. The Morgan fingerprint density at radius 2 is 2.07 bits per heavy atom. The van der Waals surface area contributed by atoms with Crippen molar-refractivity contribution in [3.05, 3.63) is 46.3 Å². The van der Waals surface area contributed by atoms with Gasteiger partial charge in [-0.05, 0) is 29.7 Å². The van der Waals surface area contributed by atoms with Crippen LogP contribution in [0.15, 0.2) is 35.4 Å². The van der Waals surface area contributed by atoms with Crippen molar-refractivity contribution in [2.45, 2.75) is 12.8 Å². The molecular formula is C10H13N3S. The molecule has 1 aromatic rings. The third kappa shape index (κ3) is 4.80. The number of thioether (sulfide) groups is 1. The monoisotopic (exact) mass is 207 g/mol. The molecule has 0 spiro atoms. The Balaban J connectivity index is 2.07. The number of hydrogen-bond acceptors (Lipinski definition) is 2. The van der Waals surface area contributed by atoms with Crippen LogP contribution in [0.3, 0.4) is 0 Å². The lowest BCUT2D eigenvalue weighted by Crippen LogP contribution is -1.87. The van der Waals surface area contributed by atoms with Crippen molar-refractivity contribution < 1.29 is 0 Å². The van der Waals surface area contributed by atoms with E-state index in [9.17, 15) is 0 Å². The van der Waals surface area contributed by atoms with Crippen LogP contribution in [0.5, 0.6) is 0 Å². The highest BCUT2D eigenvalue weighted by atomic mass is 32.2. The molecule has 0 aliphatic heterocycles. The maximum Gasteiger partial charge on any atom is 0.0721 e. The maximum atomic E-state index is 8.05. The predicted octanol–water partition coefficient (Wildman–Crippen LogP) is 3.62. The van der Waals surface area contributed by atoms with E-state index in [0.29, 0.717) is 5.88 Å². The van der Waals surface area contributed by atoms with E-state index in [1.54, 1.807) is 11.8 Å². The zero-order chi connectivity index (χ0) is 10.1. The van der Waals surface area contributed by atoms with Gasteiger partial charge in [0.2, 0.25) is 0 Å². The first-order valence-corrected chi connectivity index (χ1v) is 5.71. The molecule has 0 aliphatic rings. The summed E-state index contributed by atoms with van der Waals surface area (Å²) in [6.45, 7) is 0. The van der Waals surface area contributed by atoms with Gasteiger partial charge in [-0.2, -0.15) is 11.8 Å². The van der Waals surface area contributed by atoms with Gasteiger partial charge in [-0.3, -0.25) is 0 Å². The van der Waals surface area contributed by atoms with Gasteiger partial charge in [0.1, 0.15) is 0 Å². The summed E-state index contributed by atoms with van der Waals surface area (Å²) in [6.07, 6.45) is 2.24. The fraction of sp³-hybridized carbons (Fsp3) is 0.400. The van der Waals surface area contributed by atoms with Crippen molar-refractivity contribution in [3.8, 4) is 0 Å². The molecule has 0 amide bonds. The average molecular weight is 207 g/mol. The molecule has 0 radical (unpaired) electrons. The van der Waals surface area contributed by atoms with Gasteiger partial charge in [0, 0.05) is 4.91 Å². The minimum atomic E-state index is 0.547. The highest BCUT2D eigenvalue weighted by Gasteiger charge is 1.91. The summed E-state index contributed by atoms with van der Waals surface area (Å²) in [7, 11) is 0. The van der Waals surface area contributed by atoms with Crippen molar-refractivity contribution in [2.24, 2.45) is 5.11 Å². The van der Waals surface area contributed by atoms with Crippen molar-refractivity contribution >= 4 is 11.8 Å². The Kier molecular flexibility index (Phi) is 5.71. The van der Waals surface area contributed by atoms with E-state index in [-0.39, 0.29) is 0 Å². The molecule has 0 unspecified atom stereocenters. The van der Waals surface area contributed by atoms with Crippen LogP contribution in [0.1, 0.15) is 12.0 Å². The number of nitrogens with zero attached hydrogens (tertiary/aromatic N) is 3. The molecule has 4 heteroatoms.